The molecule has 2 saturated heterocycles. The van der Waals surface area contributed by atoms with Gasteiger partial charge in [0.2, 0.25) is 0 Å². The van der Waals surface area contributed by atoms with Crippen LogP contribution in [0.5, 0.6) is 0 Å². The average Bonchev–Trinajstić information content (AvgIpc) is 2.61. The van der Waals surface area contributed by atoms with E-state index in [0.29, 0.717) is 6.04 Å². The van der Waals surface area contributed by atoms with Crippen molar-refractivity contribution < 1.29 is 4.74 Å². The van der Waals surface area contributed by atoms with Crippen molar-refractivity contribution in [2.75, 3.05) is 76.3 Å². The van der Waals surface area contributed by atoms with Crippen LogP contribution in [0.1, 0.15) is 6.92 Å². The van der Waals surface area contributed by atoms with Crippen LogP contribution in [0.2, 0.25) is 0 Å². The number of ether oxygens (including phenoxy) is 1. The first kappa shape index (κ1) is 16.4. The summed E-state index contributed by atoms with van der Waals surface area (Å²) in [6, 6.07) is 2.55. The van der Waals surface area contributed by atoms with E-state index in [2.05, 4.69) is 44.0 Å². The van der Waals surface area contributed by atoms with Gasteiger partial charge in [0.1, 0.15) is 18.0 Å². The molecular weight excluding hydrogens is 292 g/mol. The summed E-state index contributed by atoms with van der Waals surface area (Å²) in [4.78, 5) is 15.9. The van der Waals surface area contributed by atoms with Gasteiger partial charge in [-0.25, -0.2) is 9.97 Å². The van der Waals surface area contributed by atoms with Gasteiger partial charge in [0.25, 0.3) is 0 Å². The number of rotatable bonds is 5. The third-order valence-electron chi connectivity index (χ3n) is 4.73. The van der Waals surface area contributed by atoms with E-state index in [1.807, 2.05) is 6.07 Å². The average molecular weight is 320 g/mol. The molecule has 23 heavy (non-hydrogen) atoms. The Hall–Kier alpha value is -1.44. The minimum atomic E-state index is 0.505. The summed E-state index contributed by atoms with van der Waals surface area (Å²) in [5, 5.41) is 3.47. The van der Waals surface area contributed by atoms with E-state index in [1.54, 1.807) is 6.33 Å². The highest BCUT2D eigenvalue weighted by Crippen LogP contribution is 2.15. The second-order valence-corrected chi connectivity index (χ2v) is 6.43. The van der Waals surface area contributed by atoms with E-state index in [0.717, 1.165) is 70.7 Å². The predicted octanol–water partition coefficient (Wildman–Crippen LogP) is 0.361. The summed E-state index contributed by atoms with van der Waals surface area (Å²) in [6.45, 7) is 11.1. The molecule has 0 saturated carbocycles. The molecule has 1 aromatic rings. The highest BCUT2D eigenvalue weighted by Gasteiger charge is 2.19. The number of aromatic nitrogens is 2. The molecule has 0 aromatic carbocycles. The quantitative estimate of drug-likeness (QED) is 0.841. The topological polar surface area (TPSA) is 56.8 Å². The number of nitrogens with zero attached hydrogens (tertiary/aromatic N) is 5. The molecule has 1 aromatic heterocycles. The SMILES string of the molecule is CC(CNc1cc(N2CCOCC2)ncn1)N1CCN(C)CC1. The van der Waals surface area contributed by atoms with E-state index in [9.17, 15) is 0 Å². The van der Waals surface area contributed by atoms with Gasteiger partial charge in [-0.1, -0.05) is 0 Å². The molecule has 0 aliphatic carbocycles. The van der Waals surface area contributed by atoms with Gasteiger partial charge in [0, 0.05) is 57.9 Å². The van der Waals surface area contributed by atoms with Gasteiger partial charge < -0.3 is 19.9 Å². The zero-order valence-electron chi connectivity index (χ0n) is 14.2. The van der Waals surface area contributed by atoms with Crippen molar-refractivity contribution in [1.29, 1.82) is 0 Å². The van der Waals surface area contributed by atoms with Gasteiger partial charge in [0.15, 0.2) is 0 Å². The van der Waals surface area contributed by atoms with Crippen LogP contribution in [0.25, 0.3) is 0 Å². The maximum absolute atomic E-state index is 5.40. The first-order valence-electron chi connectivity index (χ1n) is 8.53. The Labute approximate surface area is 138 Å². The first-order valence-corrected chi connectivity index (χ1v) is 8.53. The zero-order valence-corrected chi connectivity index (χ0v) is 14.2. The van der Waals surface area contributed by atoms with Crippen molar-refractivity contribution in [1.82, 2.24) is 19.8 Å². The molecule has 0 bridgehead atoms. The lowest BCUT2D eigenvalue weighted by molar-refractivity contribution is 0.122. The van der Waals surface area contributed by atoms with Crippen LogP contribution in [0.15, 0.2) is 12.4 Å². The van der Waals surface area contributed by atoms with E-state index in [4.69, 9.17) is 4.74 Å². The monoisotopic (exact) mass is 320 g/mol. The smallest absolute Gasteiger partial charge is 0.134 e. The van der Waals surface area contributed by atoms with Crippen LogP contribution in [-0.4, -0.2) is 91.9 Å². The normalized spacial score (nSPS) is 22.1. The first-order chi connectivity index (χ1) is 11.2. The highest BCUT2D eigenvalue weighted by atomic mass is 16.5. The molecule has 0 radical (unpaired) electrons. The van der Waals surface area contributed by atoms with Crippen LogP contribution in [0.3, 0.4) is 0 Å². The summed E-state index contributed by atoms with van der Waals surface area (Å²) >= 11 is 0. The van der Waals surface area contributed by atoms with Crippen molar-refractivity contribution in [3.8, 4) is 0 Å². The second-order valence-electron chi connectivity index (χ2n) is 6.43. The Morgan fingerprint density at radius 2 is 1.87 bits per heavy atom. The lowest BCUT2D eigenvalue weighted by Crippen LogP contribution is -2.49. The van der Waals surface area contributed by atoms with E-state index >= 15 is 0 Å². The molecule has 7 heteroatoms. The Balaban J connectivity index is 1.51. The standard InChI is InChI=1S/C16H28N6O/c1-14(21-5-3-20(2)4-6-21)12-17-15-11-16(19-13-18-15)22-7-9-23-10-8-22/h11,13-14H,3-10,12H2,1-2H3,(H,17,18,19). The minimum Gasteiger partial charge on any atom is -0.378 e. The molecular formula is C16H28N6O. The van der Waals surface area contributed by atoms with Crippen LogP contribution in [0.4, 0.5) is 11.6 Å². The fraction of sp³-hybridized carbons (Fsp3) is 0.750. The maximum atomic E-state index is 5.40. The number of likely N-dealkylation sites (N-methyl/N-ethyl adjacent to an activating group) is 1. The lowest BCUT2D eigenvalue weighted by atomic mass is 10.2. The fourth-order valence-electron chi connectivity index (χ4n) is 3.05. The van der Waals surface area contributed by atoms with Crippen LogP contribution < -0.4 is 10.2 Å². The Morgan fingerprint density at radius 3 is 2.61 bits per heavy atom. The summed E-state index contributed by atoms with van der Waals surface area (Å²) in [5.41, 5.74) is 0. The van der Waals surface area contributed by atoms with Gasteiger partial charge in [0.05, 0.1) is 13.2 Å². The lowest BCUT2D eigenvalue weighted by Gasteiger charge is -2.36. The van der Waals surface area contributed by atoms with Crippen molar-refractivity contribution in [3.05, 3.63) is 12.4 Å². The molecule has 2 fully saturated rings. The molecule has 0 spiro atoms. The molecule has 1 N–H and O–H groups in total. The third-order valence-corrected chi connectivity index (χ3v) is 4.73. The second kappa shape index (κ2) is 7.90. The maximum Gasteiger partial charge on any atom is 0.134 e. The molecule has 128 valence electrons. The Kier molecular flexibility index (Phi) is 5.64. The number of nitrogens with one attached hydrogen (secondary N) is 1. The minimum absolute atomic E-state index is 0.505. The highest BCUT2D eigenvalue weighted by molar-refractivity contribution is 5.48. The number of anilines is 2. The van der Waals surface area contributed by atoms with E-state index in [-0.39, 0.29) is 0 Å². The Bertz CT molecular complexity index is 485. The number of morpholine rings is 1. The van der Waals surface area contributed by atoms with Gasteiger partial charge in [-0.3, -0.25) is 4.90 Å². The molecule has 1 atom stereocenters. The molecule has 7 nitrogen and oxygen atoms in total. The summed E-state index contributed by atoms with van der Waals surface area (Å²) in [5.74, 6) is 1.89. The molecule has 3 heterocycles. The van der Waals surface area contributed by atoms with E-state index in [1.165, 1.54) is 0 Å². The summed E-state index contributed by atoms with van der Waals surface area (Å²) in [6.07, 6.45) is 1.65. The van der Waals surface area contributed by atoms with Gasteiger partial charge in [-0.05, 0) is 14.0 Å². The summed E-state index contributed by atoms with van der Waals surface area (Å²) in [7, 11) is 2.19. The summed E-state index contributed by atoms with van der Waals surface area (Å²) < 4.78 is 5.40. The molecule has 2 aliphatic heterocycles. The van der Waals surface area contributed by atoms with Crippen molar-refractivity contribution in [2.24, 2.45) is 0 Å². The van der Waals surface area contributed by atoms with Gasteiger partial charge >= 0.3 is 0 Å². The molecule has 1 unspecified atom stereocenters. The van der Waals surface area contributed by atoms with Gasteiger partial charge in [-0.15, -0.1) is 0 Å². The zero-order chi connectivity index (χ0) is 16.1. The van der Waals surface area contributed by atoms with Crippen LogP contribution >= 0.6 is 0 Å². The van der Waals surface area contributed by atoms with Gasteiger partial charge in [-0.2, -0.15) is 0 Å². The third kappa shape index (κ3) is 4.53. The molecule has 3 rings (SSSR count). The van der Waals surface area contributed by atoms with Crippen molar-refractivity contribution in [3.63, 3.8) is 0 Å². The number of hydrogen-bond donors (Lipinski definition) is 1. The van der Waals surface area contributed by atoms with Crippen LogP contribution in [0, 0.1) is 0 Å². The molecule has 0 amide bonds. The molecule has 2 aliphatic rings. The largest absolute Gasteiger partial charge is 0.378 e. The Morgan fingerprint density at radius 1 is 1.13 bits per heavy atom. The fourth-order valence-corrected chi connectivity index (χ4v) is 3.05. The van der Waals surface area contributed by atoms with Crippen molar-refractivity contribution >= 4 is 11.6 Å². The van der Waals surface area contributed by atoms with Crippen molar-refractivity contribution in [2.45, 2.75) is 13.0 Å². The van der Waals surface area contributed by atoms with E-state index < -0.39 is 0 Å². The number of piperazine rings is 1. The van der Waals surface area contributed by atoms with Crippen LogP contribution in [-0.2, 0) is 4.74 Å². The number of hydrogen-bond acceptors (Lipinski definition) is 7. The predicted molar refractivity (Wildman–Crippen MR) is 92.1 cm³/mol.